The van der Waals surface area contributed by atoms with Crippen molar-refractivity contribution < 1.29 is 23.8 Å². The van der Waals surface area contributed by atoms with E-state index in [4.69, 9.17) is 15.2 Å². The minimum atomic E-state index is -0.725. The summed E-state index contributed by atoms with van der Waals surface area (Å²) in [6, 6.07) is -0.725. The Morgan fingerprint density at radius 2 is 2.00 bits per heavy atom. The van der Waals surface area contributed by atoms with E-state index < -0.39 is 17.9 Å². The number of esters is 1. The van der Waals surface area contributed by atoms with Gasteiger partial charge in [-0.25, -0.2) is 0 Å². The molecule has 0 spiro atoms. The van der Waals surface area contributed by atoms with E-state index in [1.807, 2.05) is 0 Å². The molecule has 0 saturated carbocycles. The van der Waals surface area contributed by atoms with E-state index in [0.717, 1.165) is 0 Å². The number of rotatable bonds is 7. The van der Waals surface area contributed by atoms with Crippen molar-refractivity contribution in [3.63, 3.8) is 0 Å². The Hall–Kier alpha value is -1.18. The zero-order valence-electron chi connectivity index (χ0n) is 12.3. The van der Waals surface area contributed by atoms with E-state index in [2.05, 4.69) is 23.9 Å². The molecule has 1 rings (SSSR count). The second-order valence-corrected chi connectivity index (χ2v) is 5.70. The van der Waals surface area contributed by atoms with Gasteiger partial charge in [-0.05, 0) is 0 Å². The molecule has 1 aliphatic heterocycles. The van der Waals surface area contributed by atoms with Gasteiger partial charge < -0.3 is 25.3 Å². The number of ether oxygens (including phenoxy) is 3. The van der Waals surface area contributed by atoms with E-state index in [-0.39, 0.29) is 18.1 Å². The molecule has 7 nitrogen and oxygen atoms in total. The number of methoxy groups -OCH3 is 1. The van der Waals surface area contributed by atoms with Crippen molar-refractivity contribution in [2.24, 2.45) is 11.1 Å². The number of nitrogens with two attached hydrogens (primary N) is 1. The van der Waals surface area contributed by atoms with Gasteiger partial charge in [-0.3, -0.25) is 9.59 Å². The molecule has 3 N–H and O–H groups in total. The van der Waals surface area contributed by atoms with Crippen LogP contribution in [0.15, 0.2) is 0 Å². The Kier molecular flexibility index (Phi) is 6.38. The molecule has 1 saturated heterocycles. The van der Waals surface area contributed by atoms with Gasteiger partial charge in [0.1, 0.15) is 6.04 Å². The van der Waals surface area contributed by atoms with Crippen molar-refractivity contribution in [2.75, 3.05) is 26.9 Å². The summed E-state index contributed by atoms with van der Waals surface area (Å²) in [5, 5.41) is 2.93. The van der Waals surface area contributed by atoms with Gasteiger partial charge in [0.15, 0.2) is 6.29 Å². The molecule has 116 valence electrons. The Labute approximate surface area is 119 Å². The summed E-state index contributed by atoms with van der Waals surface area (Å²) in [6.07, 6.45) is 0.205. The van der Waals surface area contributed by atoms with Crippen molar-refractivity contribution >= 4 is 11.9 Å². The first-order valence-corrected chi connectivity index (χ1v) is 6.67. The Bertz CT molecular complexity index is 336. The van der Waals surface area contributed by atoms with Gasteiger partial charge in [0.25, 0.3) is 0 Å². The van der Waals surface area contributed by atoms with Gasteiger partial charge in [0.05, 0.1) is 26.7 Å². The Balaban J connectivity index is 2.30. The van der Waals surface area contributed by atoms with E-state index in [1.54, 1.807) is 0 Å². The molecule has 1 aliphatic rings. The SMILES string of the molecule is COC(=O)[C@H](CC(N)=O)NCCC1OCC(C)(C)CO1. The fourth-order valence-electron chi connectivity index (χ4n) is 1.85. The zero-order valence-corrected chi connectivity index (χ0v) is 12.3. The van der Waals surface area contributed by atoms with Crippen LogP contribution >= 0.6 is 0 Å². The first kappa shape index (κ1) is 16.9. The van der Waals surface area contributed by atoms with Gasteiger partial charge in [-0.2, -0.15) is 0 Å². The molecule has 0 aliphatic carbocycles. The number of amides is 1. The molecular formula is C13H24N2O5. The van der Waals surface area contributed by atoms with Crippen molar-refractivity contribution in [1.29, 1.82) is 0 Å². The van der Waals surface area contributed by atoms with E-state index in [9.17, 15) is 9.59 Å². The number of primary amides is 1. The van der Waals surface area contributed by atoms with Crippen LogP contribution in [-0.2, 0) is 23.8 Å². The lowest BCUT2D eigenvalue weighted by Crippen LogP contribution is -2.43. The fraction of sp³-hybridized carbons (Fsp3) is 0.846. The summed E-state index contributed by atoms with van der Waals surface area (Å²) in [4.78, 5) is 22.4. The van der Waals surface area contributed by atoms with Crippen LogP contribution in [0, 0.1) is 5.41 Å². The molecule has 0 radical (unpaired) electrons. The normalized spacial score (nSPS) is 20.4. The molecule has 0 bridgehead atoms. The van der Waals surface area contributed by atoms with Crippen LogP contribution in [0.25, 0.3) is 0 Å². The Morgan fingerprint density at radius 1 is 1.40 bits per heavy atom. The summed E-state index contributed by atoms with van der Waals surface area (Å²) < 4.78 is 15.8. The third-order valence-corrected chi connectivity index (χ3v) is 2.98. The quantitative estimate of drug-likeness (QED) is 0.628. The molecule has 1 heterocycles. The summed E-state index contributed by atoms with van der Waals surface area (Å²) in [7, 11) is 1.27. The van der Waals surface area contributed by atoms with Gasteiger partial charge in [0, 0.05) is 18.4 Å². The third kappa shape index (κ3) is 5.85. The highest BCUT2D eigenvalue weighted by Crippen LogP contribution is 2.23. The molecule has 1 atom stereocenters. The molecule has 1 amide bonds. The highest BCUT2D eigenvalue weighted by Gasteiger charge is 2.28. The van der Waals surface area contributed by atoms with Crippen LogP contribution in [0.1, 0.15) is 26.7 Å². The third-order valence-electron chi connectivity index (χ3n) is 2.98. The monoisotopic (exact) mass is 288 g/mol. The van der Waals surface area contributed by atoms with Gasteiger partial charge in [-0.15, -0.1) is 0 Å². The predicted octanol–water partition coefficient (Wildman–Crippen LogP) is -0.218. The minimum Gasteiger partial charge on any atom is -0.468 e. The van der Waals surface area contributed by atoms with Gasteiger partial charge >= 0.3 is 5.97 Å². The smallest absolute Gasteiger partial charge is 0.323 e. The average Bonchev–Trinajstić information content (AvgIpc) is 2.38. The molecule has 7 heteroatoms. The van der Waals surface area contributed by atoms with Crippen LogP contribution in [-0.4, -0.2) is 51.1 Å². The lowest BCUT2D eigenvalue weighted by atomic mass is 9.95. The standard InChI is InChI=1S/C13H24N2O5/c1-13(2)7-19-11(20-8-13)4-5-15-9(6-10(14)16)12(17)18-3/h9,11,15H,4-8H2,1-3H3,(H2,14,16)/t9-/m0/s1. The molecular weight excluding hydrogens is 264 g/mol. The van der Waals surface area contributed by atoms with Crippen LogP contribution in [0.2, 0.25) is 0 Å². The van der Waals surface area contributed by atoms with Crippen LogP contribution in [0.3, 0.4) is 0 Å². The van der Waals surface area contributed by atoms with Crippen LogP contribution in [0.5, 0.6) is 0 Å². The average molecular weight is 288 g/mol. The second kappa shape index (κ2) is 7.56. The number of nitrogens with one attached hydrogen (secondary N) is 1. The van der Waals surface area contributed by atoms with Crippen LogP contribution in [0.4, 0.5) is 0 Å². The number of carbonyl (C=O) groups is 2. The lowest BCUT2D eigenvalue weighted by Gasteiger charge is -2.34. The highest BCUT2D eigenvalue weighted by atomic mass is 16.7. The predicted molar refractivity (Wildman–Crippen MR) is 71.7 cm³/mol. The molecule has 0 aromatic heterocycles. The second-order valence-electron chi connectivity index (χ2n) is 5.70. The van der Waals surface area contributed by atoms with Gasteiger partial charge in [-0.1, -0.05) is 13.8 Å². The van der Waals surface area contributed by atoms with Gasteiger partial charge in [0.2, 0.25) is 5.91 Å². The summed E-state index contributed by atoms with van der Waals surface area (Å²) in [5.74, 6) is -1.06. The molecule has 1 fully saturated rings. The number of hydrogen-bond acceptors (Lipinski definition) is 6. The molecule has 0 aromatic rings. The number of hydrogen-bond donors (Lipinski definition) is 2. The highest BCUT2D eigenvalue weighted by molar-refractivity contribution is 5.84. The molecule has 0 unspecified atom stereocenters. The zero-order chi connectivity index (χ0) is 15.2. The summed E-state index contributed by atoms with van der Waals surface area (Å²) >= 11 is 0. The minimum absolute atomic E-state index is 0.0322. The van der Waals surface area contributed by atoms with Crippen molar-refractivity contribution in [3.05, 3.63) is 0 Å². The largest absolute Gasteiger partial charge is 0.468 e. The van der Waals surface area contributed by atoms with Crippen molar-refractivity contribution in [1.82, 2.24) is 5.32 Å². The molecule has 0 aromatic carbocycles. The number of carbonyl (C=O) groups excluding carboxylic acids is 2. The van der Waals surface area contributed by atoms with Crippen molar-refractivity contribution in [2.45, 2.75) is 39.0 Å². The Morgan fingerprint density at radius 3 is 2.50 bits per heavy atom. The maximum absolute atomic E-state index is 11.5. The maximum atomic E-state index is 11.5. The first-order valence-electron chi connectivity index (χ1n) is 6.67. The first-order chi connectivity index (χ1) is 9.34. The van der Waals surface area contributed by atoms with E-state index >= 15 is 0 Å². The topological polar surface area (TPSA) is 99.9 Å². The van der Waals surface area contributed by atoms with Crippen molar-refractivity contribution in [3.8, 4) is 0 Å². The fourth-order valence-corrected chi connectivity index (χ4v) is 1.85. The lowest BCUT2D eigenvalue weighted by molar-refractivity contribution is -0.223. The van der Waals surface area contributed by atoms with Crippen LogP contribution < -0.4 is 11.1 Å². The maximum Gasteiger partial charge on any atom is 0.323 e. The van der Waals surface area contributed by atoms with E-state index in [1.165, 1.54) is 7.11 Å². The molecule has 20 heavy (non-hydrogen) atoms. The van der Waals surface area contributed by atoms with E-state index in [0.29, 0.717) is 26.2 Å². The summed E-state index contributed by atoms with van der Waals surface area (Å²) in [5.41, 5.74) is 5.13. The summed E-state index contributed by atoms with van der Waals surface area (Å²) in [6.45, 7) is 5.89.